The second-order valence-electron chi connectivity index (χ2n) is 15.8. The van der Waals surface area contributed by atoms with Gasteiger partial charge in [0.15, 0.2) is 0 Å². The van der Waals surface area contributed by atoms with Crippen LogP contribution in [0.25, 0.3) is 32.7 Å². The Bertz CT molecular complexity index is 2240. The summed E-state index contributed by atoms with van der Waals surface area (Å²) in [7, 11) is 0. The third-order valence-electron chi connectivity index (χ3n) is 9.92. The van der Waals surface area contributed by atoms with Crippen LogP contribution >= 0.6 is 23.2 Å². The van der Waals surface area contributed by atoms with Gasteiger partial charge in [-0.1, -0.05) is 71.6 Å². The van der Waals surface area contributed by atoms with Crippen LogP contribution in [0.3, 0.4) is 0 Å². The first-order valence-corrected chi connectivity index (χ1v) is 19.9. The van der Waals surface area contributed by atoms with E-state index in [4.69, 9.17) is 23.2 Å². The molecule has 0 aliphatic heterocycles. The number of hydrogen-bond donors (Lipinski definition) is 0. The van der Waals surface area contributed by atoms with E-state index in [1.165, 1.54) is 93.8 Å². The third-order valence-corrected chi connectivity index (χ3v) is 11.9. The van der Waals surface area contributed by atoms with E-state index in [0.29, 0.717) is 0 Å². The number of rotatable bonds is 2. The van der Waals surface area contributed by atoms with Crippen molar-refractivity contribution in [2.24, 2.45) is 0 Å². The van der Waals surface area contributed by atoms with Crippen molar-refractivity contribution in [1.29, 1.82) is 0 Å². The maximum Gasteiger partial charge on any atom is -0.172 e. The first-order chi connectivity index (χ1) is 24.6. The molecule has 0 amide bonds. The largest absolute Gasteiger partial charge is 1.00 e. The molecule has 0 spiro atoms. The summed E-state index contributed by atoms with van der Waals surface area (Å²) in [6.45, 7) is 18.2. The van der Waals surface area contributed by atoms with E-state index in [0.717, 1.165) is 27.2 Å². The van der Waals surface area contributed by atoms with Crippen molar-refractivity contribution >= 4 is 48.0 Å². The average Bonchev–Trinajstić information content (AvgIpc) is 3.79. The van der Waals surface area contributed by atoms with E-state index in [-0.39, 0.29) is 35.6 Å². The maximum absolute atomic E-state index is 6.38. The fraction of sp³-hybridized carbons (Fsp3) is 0.224. The average molecular weight is 868 g/mol. The first-order valence-electron chi connectivity index (χ1n) is 18.0. The number of hydrogen-bond acceptors (Lipinski definition) is 0. The molecule has 1 aliphatic rings. The molecule has 0 fully saturated rings. The standard InChI is InChI=1S/C23H29.C21H12Cl2.C5H5.2ClH.Zr/c1-14-9-16-11-17-10-15(2)21(23(6,7)8)13-19(17)18(16)12-20(14)22(3,4)5;22-20-11-9-14(16-5-1-3-7-18(16)20)13-15-10-12-21(23)19-8-4-2-6-17(15)19;1-2-4-5-3-1;;;/h9,12-13H,11H2,1-8H3;1-12H;1-5H;2*1H;/q-1;;-1;;;+2/p-2. The third kappa shape index (κ3) is 9.37. The van der Waals surface area contributed by atoms with Gasteiger partial charge >= 0.3 is 166 Å². The number of aryl methyl sites for hydroxylation is 2. The Morgan fingerprint density at radius 3 is 1.52 bits per heavy atom. The van der Waals surface area contributed by atoms with Gasteiger partial charge in [0.05, 0.1) is 0 Å². The summed E-state index contributed by atoms with van der Waals surface area (Å²) >= 11 is 14.1. The zero-order valence-electron chi connectivity index (χ0n) is 32.3. The number of halogens is 4. The van der Waals surface area contributed by atoms with Crippen LogP contribution in [0, 0.1) is 19.9 Å². The summed E-state index contributed by atoms with van der Waals surface area (Å²) in [5, 5.41) is 6.15. The summed E-state index contributed by atoms with van der Waals surface area (Å²) in [4.78, 5) is 0. The van der Waals surface area contributed by atoms with Crippen molar-refractivity contribution in [3.63, 3.8) is 0 Å². The summed E-state index contributed by atoms with van der Waals surface area (Å²) in [5.74, 6) is 0. The van der Waals surface area contributed by atoms with E-state index in [1.807, 2.05) is 54.6 Å². The van der Waals surface area contributed by atoms with Gasteiger partial charge in [-0.25, -0.2) is 12.1 Å². The molecule has 0 N–H and O–H groups in total. The van der Waals surface area contributed by atoms with Crippen LogP contribution in [0.15, 0.2) is 121 Å². The van der Waals surface area contributed by atoms with Gasteiger partial charge in [-0.3, -0.25) is 0 Å². The van der Waals surface area contributed by atoms with Crippen molar-refractivity contribution in [2.45, 2.75) is 72.6 Å². The topological polar surface area (TPSA) is 0 Å². The molecule has 0 bridgehead atoms. The molecular formula is C49H46Cl4Zr-2. The molecule has 0 atom stereocenters. The quantitative estimate of drug-likeness (QED) is 0.154. The normalized spacial score (nSPS) is 11.6. The van der Waals surface area contributed by atoms with Crippen molar-refractivity contribution in [3.8, 4) is 11.1 Å². The van der Waals surface area contributed by atoms with Crippen LogP contribution < -0.4 is 24.8 Å². The van der Waals surface area contributed by atoms with Crippen molar-refractivity contribution in [1.82, 2.24) is 0 Å². The molecule has 0 nitrogen and oxygen atoms in total. The predicted octanol–water partition coefficient (Wildman–Crippen LogP) is 8.10. The summed E-state index contributed by atoms with van der Waals surface area (Å²) in [5.41, 5.74) is 14.1. The van der Waals surface area contributed by atoms with Crippen LogP contribution in [-0.4, -0.2) is 3.21 Å². The van der Waals surface area contributed by atoms with Crippen molar-refractivity contribution < 1.29 is 49.0 Å². The zero-order valence-corrected chi connectivity index (χ0v) is 37.7. The first kappa shape index (κ1) is 43.8. The minimum atomic E-state index is 0. The molecule has 0 saturated carbocycles. The van der Waals surface area contributed by atoms with Crippen LogP contribution in [0.1, 0.15) is 86.1 Å². The smallest absolute Gasteiger partial charge is 0.172 e. The molecule has 0 heterocycles. The van der Waals surface area contributed by atoms with Gasteiger partial charge in [-0.2, -0.15) is 35.9 Å². The van der Waals surface area contributed by atoms with Gasteiger partial charge < -0.3 is 24.8 Å². The Labute approximate surface area is 359 Å². The Kier molecular flexibility index (Phi) is 14.5. The second-order valence-corrected chi connectivity index (χ2v) is 17.9. The van der Waals surface area contributed by atoms with E-state index in [1.54, 1.807) is 0 Å². The van der Waals surface area contributed by atoms with Gasteiger partial charge in [-0.05, 0) is 35.4 Å². The summed E-state index contributed by atoms with van der Waals surface area (Å²) in [6, 6.07) is 45.8. The Morgan fingerprint density at radius 2 is 1.07 bits per heavy atom. The zero-order chi connectivity index (χ0) is 37.4. The Morgan fingerprint density at radius 1 is 0.611 bits per heavy atom. The monoisotopic (exact) mass is 864 g/mol. The molecule has 1 aliphatic carbocycles. The minimum Gasteiger partial charge on any atom is -1.00 e. The van der Waals surface area contributed by atoms with Crippen LogP contribution in [0.4, 0.5) is 0 Å². The SMILES string of the molecule is Cc1[c-]c2c(cc1C(C)(C)C)-c1cc(C(C)(C)C)c(C)cc1C2.Clc1ccc([C](=[Zr+2])c2ccc(Cl)c3ccccc23)c2ccccc12.[Cl-].[Cl-].c1cc[cH-]c1. The maximum atomic E-state index is 6.38. The summed E-state index contributed by atoms with van der Waals surface area (Å²) in [6.07, 6.45) is 1.03. The molecular weight excluding hydrogens is 822 g/mol. The number of fused-ring (bicyclic) bond motifs is 5. The van der Waals surface area contributed by atoms with Crippen molar-refractivity contribution in [3.05, 3.63) is 182 Å². The van der Waals surface area contributed by atoms with Gasteiger partial charge in [0.1, 0.15) is 0 Å². The molecule has 0 unspecified atom stereocenters. The van der Waals surface area contributed by atoms with E-state index in [2.05, 4.69) is 128 Å². The van der Waals surface area contributed by atoms with Crippen LogP contribution in [0.2, 0.25) is 10.0 Å². The van der Waals surface area contributed by atoms with E-state index < -0.39 is 0 Å². The molecule has 0 saturated heterocycles. The predicted molar refractivity (Wildman–Crippen MR) is 224 cm³/mol. The van der Waals surface area contributed by atoms with Crippen LogP contribution in [0.5, 0.6) is 0 Å². The Balaban J connectivity index is 0.000000206. The molecule has 5 heteroatoms. The van der Waals surface area contributed by atoms with E-state index >= 15 is 0 Å². The molecule has 7 aromatic rings. The second kappa shape index (κ2) is 17.9. The minimum absolute atomic E-state index is 0. The molecule has 276 valence electrons. The fourth-order valence-corrected chi connectivity index (χ4v) is 8.98. The van der Waals surface area contributed by atoms with Crippen molar-refractivity contribution in [2.75, 3.05) is 0 Å². The fourth-order valence-electron chi connectivity index (χ4n) is 7.45. The van der Waals surface area contributed by atoms with Gasteiger partial charge in [-0.15, -0.1) is 16.7 Å². The van der Waals surface area contributed by atoms with Gasteiger partial charge in [0.25, 0.3) is 0 Å². The van der Waals surface area contributed by atoms with Gasteiger partial charge in [0.2, 0.25) is 0 Å². The summed E-state index contributed by atoms with van der Waals surface area (Å²) < 4.78 is 1.31. The molecule has 0 radical (unpaired) electrons. The molecule has 8 rings (SSSR count). The number of benzene rings is 6. The van der Waals surface area contributed by atoms with Gasteiger partial charge in [0, 0.05) is 0 Å². The Hall–Kier alpha value is -2.90. The molecule has 54 heavy (non-hydrogen) atoms. The van der Waals surface area contributed by atoms with Crippen LogP contribution in [-0.2, 0) is 41.5 Å². The molecule has 0 aromatic heterocycles. The van der Waals surface area contributed by atoms with E-state index in [9.17, 15) is 0 Å². The molecule has 7 aromatic carbocycles.